The molecule has 30 heavy (non-hydrogen) atoms. The van der Waals surface area contributed by atoms with E-state index in [1.165, 1.54) is 6.33 Å². The molecule has 0 bridgehead atoms. The van der Waals surface area contributed by atoms with E-state index in [9.17, 15) is 0 Å². The van der Waals surface area contributed by atoms with E-state index >= 15 is 0 Å². The number of H-pyrrole nitrogens is 2. The molecule has 6 aromatic rings. The van der Waals surface area contributed by atoms with Gasteiger partial charge >= 0.3 is 0 Å². The number of hydrogen-bond donors (Lipinski definition) is 2. The van der Waals surface area contributed by atoms with E-state index in [4.69, 9.17) is 0 Å². The molecule has 0 radical (unpaired) electrons. The SMILES string of the molecule is c1ccc(-c2cncc3[nH]c(-c4n[nH]c5cnc(-c6cncnc6)cc45)cc23)nc1. The molecule has 0 fully saturated rings. The van der Waals surface area contributed by atoms with Crippen molar-refractivity contribution < 1.29 is 0 Å². The average molecular weight is 390 g/mol. The molecule has 0 saturated carbocycles. The number of hydrogen-bond acceptors (Lipinski definition) is 6. The first-order chi connectivity index (χ1) is 14.9. The Balaban J connectivity index is 1.52. The number of aromatic nitrogens is 8. The molecule has 0 amide bonds. The number of aromatic amines is 2. The third-order valence-corrected chi connectivity index (χ3v) is 5.05. The number of fused-ring (bicyclic) bond motifs is 2. The molecule has 6 rings (SSSR count). The van der Waals surface area contributed by atoms with Crippen molar-refractivity contribution in [2.45, 2.75) is 0 Å². The predicted molar refractivity (Wildman–Crippen MR) is 113 cm³/mol. The van der Waals surface area contributed by atoms with Gasteiger partial charge in [-0.2, -0.15) is 5.10 Å². The van der Waals surface area contributed by atoms with Crippen molar-refractivity contribution in [2.24, 2.45) is 0 Å². The minimum Gasteiger partial charge on any atom is -0.352 e. The molecule has 142 valence electrons. The standard InChI is InChI=1S/C22H14N8/c1-2-4-26-17(3-1)16-9-23-10-20-14(16)5-19(28-20)22-15-6-18(13-7-24-12-25-8-13)27-11-21(15)29-30-22/h1-12,28H,(H,29,30). The summed E-state index contributed by atoms with van der Waals surface area (Å²) >= 11 is 0. The first-order valence-corrected chi connectivity index (χ1v) is 9.35. The van der Waals surface area contributed by atoms with Crippen LogP contribution in [0.2, 0.25) is 0 Å². The van der Waals surface area contributed by atoms with Gasteiger partial charge in [-0.15, -0.1) is 0 Å². The van der Waals surface area contributed by atoms with Crippen molar-refractivity contribution in [3.05, 3.63) is 73.8 Å². The lowest BCUT2D eigenvalue weighted by molar-refractivity contribution is 1.11. The van der Waals surface area contributed by atoms with Crippen LogP contribution >= 0.6 is 0 Å². The van der Waals surface area contributed by atoms with Gasteiger partial charge in [0.1, 0.15) is 12.0 Å². The number of nitrogens with one attached hydrogen (secondary N) is 2. The molecule has 0 aliphatic heterocycles. The summed E-state index contributed by atoms with van der Waals surface area (Å²) < 4.78 is 0. The Morgan fingerprint density at radius 2 is 1.67 bits per heavy atom. The Morgan fingerprint density at radius 1 is 0.733 bits per heavy atom. The molecule has 0 atom stereocenters. The van der Waals surface area contributed by atoms with Gasteiger partial charge in [0.25, 0.3) is 0 Å². The van der Waals surface area contributed by atoms with Gasteiger partial charge in [0.15, 0.2) is 0 Å². The highest BCUT2D eigenvalue weighted by Crippen LogP contribution is 2.33. The zero-order chi connectivity index (χ0) is 19.9. The summed E-state index contributed by atoms with van der Waals surface area (Å²) in [6.45, 7) is 0. The van der Waals surface area contributed by atoms with Crippen molar-refractivity contribution in [2.75, 3.05) is 0 Å². The summed E-state index contributed by atoms with van der Waals surface area (Å²) in [7, 11) is 0. The summed E-state index contributed by atoms with van der Waals surface area (Å²) in [5.41, 5.74) is 6.98. The minimum absolute atomic E-state index is 0.790. The van der Waals surface area contributed by atoms with Crippen molar-refractivity contribution in [1.29, 1.82) is 0 Å². The Bertz CT molecular complexity index is 1490. The highest BCUT2D eigenvalue weighted by molar-refractivity contribution is 6.00. The summed E-state index contributed by atoms with van der Waals surface area (Å²) in [6, 6.07) is 9.93. The van der Waals surface area contributed by atoms with Gasteiger partial charge in [-0.25, -0.2) is 9.97 Å². The smallest absolute Gasteiger partial charge is 0.116 e. The maximum Gasteiger partial charge on any atom is 0.116 e. The van der Waals surface area contributed by atoms with Crippen LogP contribution in [0.15, 0.2) is 73.8 Å². The topological polar surface area (TPSA) is 109 Å². The molecule has 0 unspecified atom stereocenters. The fraction of sp³-hybridized carbons (Fsp3) is 0. The van der Waals surface area contributed by atoms with Crippen LogP contribution in [-0.2, 0) is 0 Å². The van der Waals surface area contributed by atoms with E-state index in [1.807, 2.05) is 36.7 Å². The highest BCUT2D eigenvalue weighted by Gasteiger charge is 2.15. The van der Waals surface area contributed by atoms with E-state index < -0.39 is 0 Å². The van der Waals surface area contributed by atoms with Crippen molar-refractivity contribution in [3.8, 4) is 33.9 Å². The third kappa shape index (κ3) is 2.62. The second-order valence-electron chi connectivity index (χ2n) is 6.86. The molecule has 2 N–H and O–H groups in total. The van der Waals surface area contributed by atoms with Crippen molar-refractivity contribution in [1.82, 2.24) is 40.1 Å². The maximum absolute atomic E-state index is 4.53. The number of pyridine rings is 3. The van der Waals surface area contributed by atoms with Gasteiger partial charge in [0.05, 0.1) is 40.5 Å². The summed E-state index contributed by atoms with van der Waals surface area (Å²) in [5.74, 6) is 0. The molecule has 0 spiro atoms. The van der Waals surface area contributed by atoms with Crippen LogP contribution in [0, 0.1) is 0 Å². The molecule has 0 aromatic carbocycles. The summed E-state index contributed by atoms with van der Waals surface area (Å²) in [4.78, 5) is 25.0. The lowest BCUT2D eigenvalue weighted by Crippen LogP contribution is -1.86. The normalized spacial score (nSPS) is 11.3. The fourth-order valence-corrected chi connectivity index (χ4v) is 3.62. The number of rotatable bonds is 3. The van der Waals surface area contributed by atoms with Crippen molar-refractivity contribution in [3.63, 3.8) is 0 Å². The second-order valence-corrected chi connectivity index (χ2v) is 6.86. The Morgan fingerprint density at radius 3 is 2.53 bits per heavy atom. The molecule has 0 aliphatic rings. The molecule has 6 heterocycles. The van der Waals surface area contributed by atoms with Crippen LogP contribution in [0.25, 0.3) is 55.7 Å². The van der Waals surface area contributed by atoms with Gasteiger partial charge < -0.3 is 4.98 Å². The molecule has 6 aromatic heterocycles. The molecule has 0 aliphatic carbocycles. The maximum atomic E-state index is 4.53. The first kappa shape index (κ1) is 16.5. The molecule has 8 nitrogen and oxygen atoms in total. The van der Waals surface area contributed by atoms with Crippen LogP contribution in [0.4, 0.5) is 0 Å². The van der Waals surface area contributed by atoms with Gasteiger partial charge in [-0.3, -0.25) is 20.1 Å². The number of nitrogens with zero attached hydrogens (tertiary/aromatic N) is 6. The van der Waals surface area contributed by atoms with E-state index in [2.05, 4.69) is 46.2 Å². The quantitative estimate of drug-likeness (QED) is 0.472. The van der Waals surface area contributed by atoms with Crippen LogP contribution in [-0.4, -0.2) is 40.1 Å². The molecular weight excluding hydrogens is 376 g/mol. The van der Waals surface area contributed by atoms with E-state index in [0.717, 1.165) is 55.7 Å². The lowest BCUT2D eigenvalue weighted by Gasteiger charge is -2.00. The van der Waals surface area contributed by atoms with E-state index in [-0.39, 0.29) is 0 Å². The first-order valence-electron chi connectivity index (χ1n) is 9.35. The van der Waals surface area contributed by atoms with Crippen LogP contribution in [0.3, 0.4) is 0 Å². The Hall–Kier alpha value is -4.46. The predicted octanol–water partition coefficient (Wildman–Crippen LogP) is 4.02. The summed E-state index contributed by atoms with van der Waals surface area (Å²) in [5, 5.41) is 9.60. The van der Waals surface area contributed by atoms with Crippen molar-refractivity contribution >= 4 is 21.8 Å². The Labute approximate surface area is 170 Å². The second kappa shape index (κ2) is 6.56. The van der Waals surface area contributed by atoms with Crippen LogP contribution in [0.1, 0.15) is 0 Å². The fourth-order valence-electron chi connectivity index (χ4n) is 3.62. The molecule has 8 heteroatoms. The van der Waals surface area contributed by atoms with Gasteiger partial charge in [-0.1, -0.05) is 6.07 Å². The van der Waals surface area contributed by atoms with Gasteiger partial charge in [0, 0.05) is 46.7 Å². The Kier molecular flexibility index (Phi) is 3.60. The van der Waals surface area contributed by atoms with E-state index in [0.29, 0.717) is 0 Å². The summed E-state index contributed by atoms with van der Waals surface area (Å²) in [6.07, 6.45) is 12.2. The largest absolute Gasteiger partial charge is 0.352 e. The van der Waals surface area contributed by atoms with Crippen LogP contribution in [0.5, 0.6) is 0 Å². The molecule has 0 saturated heterocycles. The third-order valence-electron chi connectivity index (χ3n) is 5.05. The zero-order valence-electron chi connectivity index (χ0n) is 15.6. The molecular formula is C22H14N8. The van der Waals surface area contributed by atoms with E-state index in [1.54, 1.807) is 24.8 Å². The zero-order valence-corrected chi connectivity index (χ0v) is 15.6. The lowest BCUT2D eigenvalue weighted by atomic mass is 10.1. The van der Waals surface area contributed by atoms with Gasteiger partial charge in [0.2, 0.25) is 0 Å². The van der Waals surface area contributed by atoms with Crippen LogP contribution < -0.4 is 0 Å². The average Bonchev–Trinajstić information content (AvgIpc) is 3.43. The monoisotopic (exact) mass is 390 g/mol. The van der Waals surface area contributed by atoms with Gasteiger partial charge in [-0.05, 0) is 24.3 Å². The highest BCUT2D eigenvalue weighted by atomic mass is 15.1. The minimum atomic E-state index is 0.790.